The average molecular weight is 194 g/mol. The highest BCUT2D eigenvalue weighted by molar-refractivity contribution is 8.76. The fraction of sp³-hybridized carbons (Fsp3) is 0.857. The molecule has 0 radical (unpaired) electrons. The first-order valence-corrected chi connectivity index (χ1v) is 6.14. The number of ether oxygens (including phenoxy) is 1. The Hall–Kier alpha value is 0.170. The first kappa shape index (κ1) is 11.2. The van der Waals surface area contributed by atoms with E-state index in [0.29, 0.717) is 6.61 Å². The second kappa shape index (κ2) is 8.27. The molecule has 0 aliphatic carbocycles. The topological polar surface area (TPSA) is 26.3 Å². The summed E-state index contributed by atoms with van der Waals surface area (Å²) in [6.07, 6.45) is 1.20. The standard InChI is InChI=1S/C7H14O2S2/c1-3-5-10-11-6-4-9-7(2)8/h3-6H2,1-2H3. The summed E-state index contributed by atoms with van der Waals surface area (Å²) in [5.41, 5.74) is 0. The number of rotatable bonds is 6. The van der Waals surface area contributed by atoms with E-state index in [1.807, 2.05) is 10.8 Å². The van der Waals surface area contributed by atoms with Crippen LogP contribution in [0.2, 0.25) is 0 Å². The Balaban J connectivity index is 2.85. The molecule has 0 saturated carbocycles. The molecule has 0 unspecified atom stereocenters. The molecule has 0 fully saturated rings. The minimum Gasteiger partial charge on any atom is -0.465 e. The van der Waals surface area contributed by atoms with Gasteiger partial charge < -0.3 is 4.74 Å². The summed E-state index contributed by atoms with van der Waals surface area (Å²) in [7, 11) is 3.59. The van der Waals surface area contributed by atoms with Crippen LogP contribution in [0, 0.1) is 0 Å². The first-order chi connectivity index (χ1) is 5.27. The molecular weight excluding hydrogens is 180 g/mol. The van der Waals surface area contributed by atoms with Crippen molar-refractivity contribution >= 4 is 27.6 Å². The van der Waals surface area contributed by atoms with Gasteiger partial charge in [-0.05, 0) is 6.42 Å². The lowest BCUT2D eigenvalue weighted by Gasteiger charge is -1.99. The fourth-order valence-corrected chi connectivity index (χ4v) is 2.39. The SMILES string of the molecule is CCCSSCCOC(C)=O. The van der Waals surface area contributed by atoms with E-state index in [1.54, 1.807) is 10.8 Å². The maximum absolute atomic E-state index is 10.3. The van der Waals surface area contributed by atoms with Crippen LogP contribution in [-0.2, 0) is 9.53 Å². The van der Waals surface area contributed by atoms with Crippen LogP contribution in [0.15, 0.2) is 0 Å². The minimum absolute atomic E-state index is 0.189. The summed E-state index contributed by atoms with van der Waals surface area (Å²) in [5.74, 6) is 1.88. The van der Waals surface area contributed by atoms with Crippen molar-refractivity contribution < 1.29 is 9.53 Å². The van der Waals surface area contributed by atoms with Crippen molar-refractivity contribution in [1.82, 2.24) is 0 Å². The van der Waals surface area contributed by atoms with E-state index in [9.17, 15) is 4.79 Å². The molecule has 0 amide bonds. The van der Waals surface area contributed by atoms with E-state index in [2.05, 4.69) is 6.92 Å². The molecule has 0 atom stereocenters. The molecule has 0 saturated heterocycles. The van der Waals surface area contributed by atoms with Crippen LogP contribution in [0.1, 0.15) is 20.3 Å². The second-order valence-electron chi connectivity index (χ2n) is 1.98. The van der Waals surface area contributed by atoms with E-state index in [1.165, 1.54) is 19.1 Å². The van der Waals surface area contributed by atoms with Gasteiger partial charge in [0.05, 0.1) is 0 Å². The zero-order chi connectivity index (χ0) is 8.53. The summed E-state index contributed by atoms with van der Waals surface area (Å²) < 4.78 is 4.75. The number of carbonyl (C=O) groups excluding carboxylic acids is 1. The summed E-state index contributed by atoms with van der Waals surface area (Å²) in [5, 5.41) is 0. The zero-order valence-electron chi connectivity index (χ0n) is 6.96. The van der Waals surface area contributed by atoms with Crippen molar-refractivity contribution in [2.75, 3.05) is 18.1 Å². The highest BCUT2D eigenvalue weighted by Crippen LogP contribution is 2.20. The minimum atomic E-state index is -0.189. The third-order valence-corrected chi connectivity index (χ3v) is 3.42. The van der Waals surface area contributed by atoms with E-state index < -0.39 is 0 Å². The van der Waals surface area contributed by atoms with Crippen LogP contribution in [-0.4, -0.2) is 24.1 Å². The van der Waals surface area contributed by atoms with Gasteiger partial charge >= 0.3 is 5.97 Å². The van der Waals surface area contributed by atoms with Gasteiger partial charge in [-0.25, -0.2) is 0 Å². The quantitative estimate of drug-likeness (QED) is 0.368. The van der Waals surface area contributed by atoms with Gasteiger partial charge in [-0.15, -0.1) is 0 Å². The van der Waals surface area contributed by atoms with Gasteiger partial charge in [-0.2, -0.15) is 0 Å². The summed E-state index contributed by atoms with van der Waals surface area (Å²) in [4.78, 5) is 10.3. The second-order valence-corrected chi connectivity index (χ2v) is 4.69. The van der Waals surface area contributed by atoms with Crippen molar-refractivity contribution in [1.29, 1.82) is 0 Å². The van der Waals surface area contributed by atoms with Crippen LogP contribution in [0.3, 0.4) is 0 Å². The molecule has 0 rings (SSSR count). The summed E-state index contributed by atoms with van der Waals surface area (Å²) >= 11 is 0. The molecule has 4 heteroatoms. The van der Waals surface area contributed by atoms with Crippen LogP contribution in [0.25, 0.3) is 0 Å². The molecule has 0 spiro atoms. The highest BCUT2D eigenvalue weighted by Gasteiger charge is 1.92. The van der Waals surface area contributed by atoms with E-state index >= 15 is 0 Å². The normalized spacial score (nSPS) is 9.64. The Morgan fingerprint density at radius 2 is 2.00 bits per heavy atom. The molecule has 0 aromatic carbocycles. The molecule has 0 aromatic heterocycles. The third kappa shape index (κ3) is 10.2. The first-order valence-electron chi connectivity index (χ1n) is 3.65. The predicted molar refractivity (Wildman–Crippen MR) is 51.8 cm³/mol. The van der Waals surface area contributed by atoms with E-state index in [-0.39, 0.29) is 5.97 Å². The van der Waals surface area contributed by atoms with Gasteiger partial charge in [0.15, 0.2) is 0 Å². The van der Waals surface area contributed by atoms with Crippen LogP contribution in [0.5, 0.6) is 0 Å². The molecule has 0 heterocycles. The third-order valence-electron chi connectivity index (χ3n) is 0.843. The lowest BCUT2D eigenvalue weighted by molar-refractivity contribution is -0.140. The van der Waals surface area contributed by atoms with Gasteiger partial charge in [-0.1, -0.05) is 28.5 Å². The Morgan fingerprint density at radius 3 is 2.55 bits per heavy atom. The molecule has 2 nitrogen and oxygen atoms in total. The molecule has 0 bridgehead atoms. The Labute approximate surface area is 75.9 Å². The lowest BCUT2D eigenvalue weighted by Crippen LogP contribution is -2.01. The zero-order valence-corrected chi connectivity index (χ0v) is 8.59. The molecule has 0 aromatic rings. The Morgan fingerprint density at radius 1 is 1.36 bits per heavy atom. The number of hydrogen-bond acceptors (Lipinski definition) is 4. The molecule has 66 valence electrons. The fourth-order valence-electron chi connectivity index (χ4n) is 0.421. The van der Waals surface area contributed by atoms with Crippen molar-refractivity contribution in [3.05, 3.63) is 0 Å². The van der Waals surface area contributed by atoms with Crippen molar-refractivity contribution in [3.63, 3.8) is 0 Å². The number of carbonyl (C=O) groups is 1. The van der Waals surface area contributed by atoms with Crippen LogP contribution < -0.4 is 0 Å². The van der Waals surface area contributed by atoms with Gasteiger partial charge in [0.2, 0.25) is 0 Å². The maximum atomic E-state index is 10.3. The van der Waals surface area contributed by atoms with E-state index in [4.69, 9.17) is 4.74 Å². The Kier molecular flexibility index (Phi) is 8.40. The highest BCUT2D eigenvalue weighted by atomic mass is 33.1. The summed E-state index contributed by atoms with van der Waals surface area (Å²) in [6, 6.07) is 0. The van der Waals surface area contributed by atoms with Gasteiger partial charge in [0.1, 0.15) is 6.61 Å². The summed E-state index contributed by atoms with van der Waals surface area (Å²) in [6.45, 7) is 4.13. The molecular formula is C7H14O2S2. The van der Waals surface area contributed by atoms with Gasteiger partial charge in [-0.3, -0.25) is 4.79 Å². The number of hydrogen-bond donors (Lipinski definition) is 0. The maximum Gasteiger partial charge on any atom is 0.302 e. The lowest BCUT2D eigenvalue weighted by atomic mass is 10.6. The largest absolute Gasteiger partial charge is 0.465 e. The predicted octanol–water partition coefficient (Wildman–Crippen LogP) is 2.34. The van der Waals surface area contributed by atoms with E-state index in [0.717, 1.165) is 5.75 Å². The van der Waals surface area contributed by atoms with Crippen molar-refractivity contribution in [2.24, 2.45) is 0 Å². The van der Waals surface area contributed by atoms with Gasteiger partial charge in [0.25, 0.3) is 0 Å². The Bertz CT molecular complexity index is 107. The van der Waals surface area contributed by atoms with Crippen molar-refractivity contribution in [3.8, 4) is 0 Å². The smallest absolute Gasteiger partial charge is 0.302 e. The average Bonchev–Trinajstić information content (AvgIpc) is 1.96. The molecule has 0 aliphatic rings. The number of esters is 1. The molecule has 0 aliphatic heterocycles. The van der Waals surface area contributed by atoms with Crippen molar-refractivity contribution in [2.45, 2.75) is 20.3 Å². The molecule has 0 N–H and O–H groups in total. The van der Waals surface area contributed by atoms with Gasteiger partial charge in [0, 0.05) is 18.4 Å². The monoisotopic (exact) mass is 194 g/mol. The van der Waals surface area contributed by atoms with Crippen LogP contribution in [0.4, 0.5) is 0 Å². The van der Waals surface area contributed by atoms with Crippen LogP contribution >= 0.6 is 21.6 Å². The molecule has 11 heavy (non-hydrogen) atoms.